The molecule has 1 nitrogen and oxygen atoms in total. The van der Waals surface area contributed by atoms with Gasteiger partial charge in [-0.25, -0.2) is 0 Å². The largest absolute Gasteiger partial charge is 0.332 e. The van der Waals surface area contributed by atoms with E-state index in [4.69, 9.17) is 0 Å². The Hall–Kier alpha value is -0.721. The topological polar surface area (TPSA) is 17.1 Å². The molecule has 1 rings (SSSR count). The molecule has 0 aliphatic rings. The van der Waals surface area contributed by atoms with Gasteiger partial charge in [-0.3, -0.25) is 0 Å². The van der Waals surface area contributed by atoms with Crippen LogP contribution in [0.15, 0.2) is 30.3 Å². The van der Waals surface area contributed by atoms with Crippen LogP contribution in [0.25, 0.3) is 0 Å². The first-order valence-electron chi connectivity index (χ1n) is 2.72. The third-order valence-electron chi connectivity index (χ3n) is 1.10. The molecule has 0 fully saturated rings. The van der Waals surface area contributed by atoms with Crippen molar-refractivity contribution in [2.24, 2.45) is 0 Å². The van der Waals surface area contributed by atoms with Crippen LogP contribution < -0.4 is 0 Å². The number of carbonyl (C=O) groups excluding carboxylic acids is 1. The summed E-state index contributed by atoms with van der Waals surface area (Å²) in [6.07, 6.45) is 0. The van der Waals surface area contributed by atoms with E-state index < -0.39 is 0 Å². The van der Waals surface area contributed by atoms with E-state index in [1.807, 2.05) is 18.2 Å². The summed E-state index contributed by atoms with van der Waals surface area (Å²) in [6, 6.07) is 8.99. The summed E-state index contributed by atoms with van der Waals surface area (Å²) in [4.78, 5) is 10.5. The summed E-state index contributed by atoms with van der Waals surface area (Å²) in [5, 5.41) is 0. The van der Waals surface area contributed by atoms with E-state index >= 15 is 0 Å². The van der Waals surface area contributed by atoms with E-state index in [-0.39, 0.29) is 22.9 Å². The standard InChI is InChI=1S/C8H7O.Fe/c1-7(9)8-5-3-2-4-6-8;/h2-6H,1H2;/q-1;. The van der Waals surface area contributed by atoms with Gasteiger partial charge in [0.25, 0.3) is 0 Å². The van der Waals surface area contributed by atoms with Gasteiger partial charge >= 0.3 is 0 Å². The zero-order valence-electron chi connectivity index (χ0n) is 5.36. The molecule has 0 saturated heterocycles. The molecule has 0 atom stereocenters. The van der Waals surface area contributed by atoms with E-state index in [0.29, 0.717) is 5.56 Å². The molecule has 0 aromatic heterocycles. The van der Waals surface area contributed by atoms with Gasteiger partial charge in [0.1, 0.15) is 0 Å². The summed E-state index contributed by atoms with van der Waals surface area (Å²) in [5.41, 5.74) is 0.664. The normalized spacial score (nSPS) is 8.00. The predicted octanol–water partition coefficient (Wildman–Crippen LogP) is 1.70. The van der Waals surface area contributed by atoms with E-state index in [1.54, 1.807) is 12.1 Å². The Morgan fingerprint density at radius 2 is 1.70 bits per heavy atom. The number of hydrogen-bond acceptors (Lipinski definition) is 1. The van der Waals surface area contributed by atoms with Gasteiger partial charge in [0.05, 0.1) is 0 Å². The second-order valence-electron chi connectivity index (χ2n) is 1.79. The molecule has 0 unspecified atom stereocenters. The monoisotopic (exact) mass is 175 g/mol. The van der Waals surface area contributed by atoms with Gasteiger partial charge < -0.3 is 4.79 Å². The van der Waals surface area contributed by atoms with Crippen molar-refractivity contribution in [1.29, 1.82) is 0 Å². The van der Waals surface area contributed by atoms with Gasteiger partial charge in [-0.15, -0.1) is 17.7 Å². The van der Waals surface area contributed by atoms with Crippen LogP contribution in [-0.2, 0) is 17.1 Å². The molecule has 0 heterocycles. The van der Waals surface area contributed by atoms with E-state index in [0.717, 1.165) is 0 Å². The molecule has 0 aliphatic carbocycles. The second kappa shape index (κ2) is 4.15. The predicted molar refractivity (Wildman–Crippen MR) is 36.1 cm³/mol. The molecule has 1 aromatic rings. The maximum absolute atomic E-state index is 10.5. The van der Waals surface area contributed by atoms with Crippen molar-refractivity contribution in [2.45, 2.75) is 0 Å². The zero-order chi connectivity index (χ0) is 6.69. The minimum Gasteiger partial charge on any atom is -0.332 e. The molecule has 0 radical (unpaired) electrons. The number of Topliss-reactive ketones (excluding diaryl/α,β-unsaturated/α-hetero) is 1. The SMILES string of the molecule is [CH2-]C(=O)c1ccccc1.[Fe]. The Morgan fingerprint density at radius 1 is 1.20 bits per heavy atom. The Kier molecular flexibility index (Phi) is 3.85. The average Bonchev–Trinajstić information content (AvgIpc) is 1.90. The van der Waals surface area contributed by atoms with Crippen LogP contribution >= 0.6 is 0 Å². The van der Waals surface area contributed by atoms with Crippen LogP contribution in [0.1, 0.15) is 10.4 Å². The number of benzene rings is 1. The molecule has 0 bridgehead atoms. The third kappa shape index (κ3) is 2.26. The first-order chi connectivity index (χ1) is 4.30. The number of ketones is 1. The van der Waals surface area contributed by atoms with Gasteiger partial charge in [0, 0.05) is 22.9 Å². The third-order valence-corrected chi connectivity index (χ3v) is 1.10. The van der Waals surface area contributed by atoms with E-state index in [9.17, 15) is 4.79 Å². The van der Waals surface area contributed by atoms with Gasteiger partial charge in [0.2, 0.25) is 0 Å². The molecular weight excluding hydrogens is 168 g/mol. The molecule has 0 N–H and O–H groups in total. The molecule has 2 heteroatoms. The minimum absolute atomic E-state index is 0. The van der Waals surface area contributed by atoms with Crippen LogP contribution in [0.2, 0.25) is 0 Å². The molecule has 10 heavy (non-hydrogen) atoms. The molecule has 54 valence electrons. The minimum atomic E-state index is -0.129. The van der Waals surface area contributed by atoms with Gasteiger partial charge in [-0.1, -0.05) is 18.2 Å². The van der Waals surface area contributed by atoms with Gasteiger partial charge in [-0.05, 0) is 0 Å². The van der Waals surface area contributed by atoms with E-state index in [2.05, 4.69) is 6.92 Å². The fourth-order valence-electron chi connectivity index (χ4n) is 0.624. The second-order valence-corrected chi connectivity index (χ2v) is 1.79. The molecule has 0 spiro atoms. The first-order valence-corrected chi connectivity index (χ1v) is 2.72. The number of rotatable bonds is 1. The molecule has 0 aliphatic heterocycles. The van der Waals surface area contributed by atoms with Crippen LogP contribution in [0, 0.1) is 6.92 Å². The maximum atomic E-state index is 10.5. The van der Waals surface area contributed by atoms with Crippen LogP contribution in [-0.4, -0.2) is 5.78 Å². The average molecular weight is 175 g/mol. The molecule has 0 amide bonds. The summed E-state index contributed by atoms with van der Waals surface area (Å²) in [5.74, 6) is -0.129. The summed E-state index contributed by atoms with van der Waals surface area (Å²) >= 11 is 0. The van der Waals surface area contributed by atoms with Crippen molar-refractivity contribution in [3.05, 3.63) is 42.8 Å². The summed E-state index contributed by atoms with van der Waals surface area (Å²) in [7, 11) is 0. The van der Waals surface area contributed by atoms with Crippen molar-refractivity contribution < 1.29 is 21.9 Å². The summed E-state index contributed by atoms with van der Waals surface area (Å²) < 4.78 is 0. The van der Waals surface area contributed by atoms with Crippen molar-refractivity contribution in [3.8, 4) is 0 Å². The Balaban J connectivity index is 0.000000810. The number of hydrogen-bond donors (Lipinski definition) is 0. The maximum Gasteiger partial charge on any atom is 0.0215 e. The van der Waals surface area contributed by atoms with Crippen molar-refractivity contribution in [1.82, 2.24) is 0 Å². The van der Waals surface area contributed by atoms with Gasteiger partial charge in [0.15, 0.2) is 0 Å². The zero-order valence-corrected chi connectivity index (χ0v) is 6.46. The molecular formula is C8H7FeO-. The van der Waals surface area contributed by atoms with Crippen molar-refractivity contribution in [2.75, 3.05) is 0 Å². The fraction of sp³-hybridized carbons (Fsp3) is 0. The quantitative estimate of drug-likeness (QED) is 0.360. The Bertz CT molecular complexity index is 206. The van der Waals surface area contributed by atoms with E-state index in [1.165, 1.54) is 0 Å². The first kappa shape index (κ1) is 9.28. The smallest absolute Gasteiger partial charge is 0.0215 e. The molecule has 1 aromatic carbocycles. The van der Waals surface area contributed by atoms with Gasteiger partial charge in [-0.2, -0.15) is 6.92 Å². The number of carbonyl (C=O) groups is 1. The summed E-state index contributed by atoms with van der Waals surface area (Å²) in [6.45, 7) is 3.27. The fourth-order valence-corrected chi connectivity index (χ4v) is 0.624. The van der Waals surface area contributed by atoms with Crippen LogP contribution in [0.3, 0.4) is 0 Å². The Labute approximate surface area is 70.9 Å². The molecule has 0 saturated carbocycles. The van der Waals surface area contributed by atoms with Crippen LogP contribution in [0.4, 0.5) is 0 Å². The van der Waals surface area contributed by atoms with Crippen molar-refractivity contribution >= 4 is 5.78 Å². The van der Waals surface area contributed by atoms with Crippen LogP contribution in [0.5, 0.6) is 0 Å². The Morgan fingerprint density at radius 3 is 2.00 bits per heavy atom. The van der Waals surface area contributed by atoms with Crippen molar-refractivity contribution in [3.63, 3.8) is 0 Å².